The largest absolute Gasteiger partial charge is 0.289 e. The summed E-state index contributed by atoms with van der Waals surface area (Å²) in [6.07, 6.45) is 0. The van der Waals surface area contributed by atoms with Crippen LogP contribution in [0.15, 0.2) is 121 Å². The molecule has 0 aliphatic heterocycles. The van der Waals surface area contributed by atoms with Crippen molar-refractivity contribution < 1.29 is 4.79 Å². The Labute approximate surface area is 186 Å². The van der Waals surface area contributed by atoms with Crippen LogP contribution in [-0.2, 0) is 0 Å². The molecule has 31 heavy (non-hydrogen) atoms. The maximum absolute atomic E-state index is 13.9. The van der Waals surface area contributed by atoms with E-state index in [2.05, 4.69) is 36.4 Å². The Morgan fingerprint density at radius 1 is 0.484 bits per heavy atom. The summed E-state index contributed by atoms with van der Waals surface area (Å²) in [5.74, 6) is 0.0525. The maximum atomic E-state index is 13.9. The van der Waals surface area contributed by atoms with Crippen molar-refractivity contribution in [2.45, 2.75) is 0 Å². The molecular weight excluding hydrogens is 396 g/mol. The van der Waals surface area contributed by atoms with Crippen LogP contribution in [0.5, 0.6) is 0 Å². The molecule has 0 amide bonds. The first-order valence-corrected chi connectivity index (χ1v) is 11.1. The number of thiophene rings is 1. The first-order valence-electron chi connectivity index (χ1n) is 10.3. The standard InChI is InChI=1S/C29H20OS/c30-27(22-15-7-2-8-16-22)26-25(21-13-5-1-6-14-21)28(23-17-9-3-10-18-23)31-29(26)24-19-11-4-12-20-24/h1-20H. The molecule has 0 unspecified atom stereocenters. The molecule has 2 heteroatoms. The average Bonchev–Trinajstić information content (AvgIpc) is 3.26. The molecule has 0 N–H and O–H groups in total. The van der Waals surface area contributed by atoms with Gasteiger partial charge in [0.15, 0.2) is 5.78 Å². The Bertz CT molecular complexity index is 1310. The quantitative estimate of drug-likeness (QED) is 0.265. The van der Waals surface area contributed by atoms with Crippen LogP contribution in [0.1, 0.15) is 15.9 Å². The first kappa shape index (κ1) is 19.2. The number of hydrogen-bond donors (Lipinski definition) is 0. The molecule has 0 spiro atoms. The van der Waals surface area contributed by atoms with Gasteiger partial charge in [-0.1, -0.05) is 121 Å². The van der Waals surface area contributed by atoms with E-state index in [0.29, 0.717) is 5.56 Å². The summed E-state index contributed by atoms with van der Waals surface area (Å²) in [6, 6.07) is 40.4. The lowest BCUT2D eigenvalue weighted by Gasteiger charge is -2.10. The van der Waals surface area contributed by atoms with Crippen molar-refractivity contribution in [3.05, 3.63) is 132 Å². The summed E-state index contributed by atoms with van der Waals surface area (Å²) in [5, 5.41) is 0. The minimum Gasteiger partial charge on any atom is -0.289 e. The Balaban J connectivity index is 1.86. The monoisotopic (exact) mass is 416 g/mol. The van der Waals surface area contributed by atoms with Crippen LogP contribution in [0.2, 0.25) is 0 Å². The van der Waals surface area contributed by atoms with Crippen LogP contribution >= 0.6 is 11.3 Å². The molecule has 5 aromatic rings. The van der Waals surface area contributed by atoms with Gasteiger partial charge >= 0.3 is 0 Å². The fraction of sp³-hybridized carbons (Fsp3) is 0. The molecule has 0 bridgehead atoms. The predicted molar refractivity (Wildman–Crippen MR) is 131 cm³/mol. The number of rotatable bonds is 5. The molecule has 0 atom stereocenters. The van der Waals surface area contributed by atoms with E-state index >= 15 is 0 Å². The lowest BCUT2D eigenvalue weighted by Crippen LogP contribution is -2.03. The van der Waals surface area contributed by atoms with Crippen molar-refractivity contribution in [1.82, 2.24) is 0 Å². The van der Waals surface area contributed by atoms with Crippen molar-refractivity contribution in [2.75, 3.05) is 0 Å². The van der Waals surface area contributed by atoms with Crippen LogP contribution in [0.3, 0.4) is 0 Å². The third-order valence-electron chi connectivity index (χ3n) is 5.31. The lowest BCUT2D eigenvalue weighted by atomic mass is 9.91. The van der Waals surface area contributed by atoms with Crippen molar-refractivity contribution in [2.24, 2.45) is 0 Å². The molecular formula is C29H20OS. The van der Waals surface area contributed by atoms with Crippen LogP contribution in [0.25, 0.3) is 32.0 Å². The summed E-state index contributed by atoms with van der Waals surface area (Å²) in [4.78, 5) is 16.0. The number of ketones is 1. The maximum Gasteiger partial charge on any atom is 0.195 e. The molecule has 4 aromatic carbocycles. The third-order valence-corrected chi connectivity index (χ3v) is 6.59. The SMILES string of the molecule is O=C(c1ccccc1)c1c(-c2ccccc2)sc(-c2ccccc2)c1-c1ccccc1. The van der Waals surface area contributed by atoms with Gasteiger partial charge < -0.3 is 0 Å². The van der Waals surface area contributed by atoms with Gasteiger partial charge in [0.2, 0.25) is 0 Å². The Morgan fingerprint density at radius 2 is 0.903 bits per heavy atom. The zero-order valence-electron chi connectivity index (χ0n) is 16.9. The highest BCUT2D eigenvalue weighted by molar-refractivity contribution is 7.20. The Kier molecular flexibility index (Phi) is 5.30. The van der Waals surface area contributed by atoms with Crippen molar-refractivity contribution in [3.63, 3.8) is 0 Å². The van der Waals surface area contributed by atoms with Gasteiger partial charge in [0.05, 0.1) is 0 Å². The Morgan fingerprint density at radius 3 is 1.42 bits per heavy atom. The van der Waals surface area contributed by atoms with E-state index in [0.717, 1.165) is 37.6 Å². The van der Waals surface area contributed by atoms with Crippen LogP contribution < -0.4 is 0 Å². The summed E-state index contributed by atoms with van der Waals surface area (Å²) >= 11 is 1.69. The van der Waals surface area contributed by atoms with E-state index in [-0.39, 0.29) is 5.78 Å². The molecule has 1 nitrogen and oxygen atoms in total. The molecule has 0 saturated heterocycles. The van der Waals surface area contributed by atoms with Crippen molar-refractivity contribution in [3.8, 4) is 32.0 Å². The second kappa shape index (κ2) is 8.55. The van der Waals surface area contributed by atoms with E-state index in [9.17, 15) is 4.79 Å². The van der Waals surface area contributed by atoms with Gasteiger partial charge in [0.25, 0.3) is 0 Å². The summed E-state index contributed by atoms with van der Waals surface area (Å²) < 4.78 is 0. The molecule has 0 aliphatic carbocycles. The minimum atomic E-state index is 0.0525. The molecule has 148 valence electrons. The summed E-state index contributed by atoms with van der Waals surface area (Å²) in [6.45, 7) is 0. The van der Waals surface area contributed by atoms with E-state index in [1.807, 2.05) is 84.9 Å². The second-order valence-corrected chi connectivity index (χ2v) is 8.32. The highest BCUT2D eigenvalue weighted by Crippen LogP contribution is 2.48. The highest BCUT2D eigenvalue weighted by atomic mass is 32.1. The van der Waals surface area contributed by atoms with E-state index in [4.69, 9.17) is 0 Å². The smallest absolute Gasteiger partial charge is 0.195 e. The molecule has 5 rings (SSSR count). The van der Waals surface area contributed by atoms with Gasteiger partial charge in [-0.2, -0.15) is 0 Å². The fourth-order valence-electron chi connectivity index (χ4n) is 3.85. The van der Waals surface area contributed by atoms with Gasteiger partial charge in [0.1, 0.15) is 0 Å². The van der Waals surface area contributed by atoms with Crippen LogP contribution in [-0.4, -0.2) is 5.78 Å². The van der Waals surface area contributed by atoms with E-state index in [1.54, 1.807) is 11.3 Å². The molecule has 0 aliphatic rings. The van der Waals surface area contributed by atoms with Gasteiger partial charge in [-0.3, -0.25) is 4.79 Å². The molecule has 0 radical (unpaired) electrons. The zero-order chi connectivity index (χ0) is 21.0. The van der Waals surface area contributed by atoms with Crippen molar-refractivity contribution >= 4 is 17.1 Å². The number of carbonyl (C=O) groups excluding carboxylic acids is 1. The van der Waals surface area contributed by atoms with E-state index in [1.165, 1.54) is 0 Å². The molecule has 1 aromatic heterocycles. The van der Waals surface area contributed by atoms with E-state index < -0.39 is 0 Å². The number of carbonyl (C=O) groups is 1. The topological polar surface area (TPSA) is 17.1 Å². The lowest BCUT2D eigenvalue weighted by molar-refractivity contribution is 0.104. The molecule has 0 saturated carbocycles. The zero-order valence-corrected chi connectivity index (χ0v) is 17.7. The second-order valence-electron chi connectivity index (χ2n) is 7.30. The van der Waals surface area contributed by atoms with Crippen LogP contribution in [0.4, 0.5) is 0 Å². The van der Waals surface area contributed by atoms with Gasteiger partial charge in [-0.15, -0.1) is 11.3 Å². The van der Waals surface area contributed by atoms with Gasteiger partial charge in [-0.25, -0.2) is 0 Å². The number of benzene rings is 4. The minimum absolute atomic E-state index is 0.0525. The highest BCUT2D eigenvalue weighted by Gasteiger charge is 2.26. The third kappa shape index (κ3) is 3.74. The Hall–Kier alpha value is -3.75. The van der Waals surface area contributed by atoms with Gasteiger partial charge in [-0.05, 0) is 16.7 Å². The summed E-state index contributed by atoms with van der Waals surface area (Å²) in [7, 11) is 0. The number of hydrogen-bond acceptors (Lipinski definition) is 2. The normalized spacial score (nSPS) is 10.7. The molecule has 1 heterocycles. The summed E-state index contributed by atoms with van der Waals surface area (Å²) in [5.41, 5.74) is 5.71. The first-order chi connectivity index (χ1) is 15.3. The average molecular weight is 417 g/mol. The fourth-order valence-corrected chi connectivity index (χ4v) is 5.18. The van der Waals surface area contributed by atoms with Crippen LogP contribution in [0, 0.1) is 0 Å². The van der Waals surface area contributed by atoms with Crippen molar-refractivity contribution in [1.29, 1.82) is 0 Å². The van der Waals surface area contributed by atoms with Gasteiger partial charge in [0, 0.05) is 26.4 Å². The predicted octanol–water partition coefficient (Wildman–Crippen LogP) is 7.98. The molecule has 0 fully saturated rings.